The van der Waals surface area contributed by atoms with Crippen LogP contribution in [0.4, 0.5) is 64.3 Å². The number of anilines is 2. The highest BCUT2D eigenvalue weighted by atomic mass is 19.4. The molecule has 0 aliphatic carbocycles. The Bertz CT molecular complexity index is 2240. The Balaban J connectivity index is 0.000000195. The summed E-state index contributed by atoms with van der Waals surface area (Å²) < 4.78 is 167. The number of nitrogens with zero attached hydrogens (tertiary/aromatic N) is 4. The maximum absolute atomic E-state index is 13.2. The third kappa shape index (κ3) is 10.9. The number of rotatable bonds is 10. The van der Waals surface area contributed by atoms with Crippen LogP contribution in [0.3, 0.4) is 0 Å². The number of piperidine rings is 2. The van der Waals surface area contributed by atoms with Gasteiger partial charge in [-0.1, -0.05) is 13.3 Å². The van der Waals surface area contributed by atoms with Crippen LogP contribution >= 0.6 is 0 Å². The van der Waals surface area contributed by atoms with Gasteiger partial charge in [-0.15, -0.1) is 0 Å². The van der Waals surface area contributed by atoms with Crippen LogP contribution in [0.25, 0.3) is 0 Å². The number of aliphatic hydroxyl groups excluding tert-OH is 1. The van der Waals surface area contributed by atoms with Crippen LogP contribution in [0.2, 0.25) is 0 Å². The minimum absolute atomic E-state index is 0.00597. The number of carbonyl (C=O) groups excluding carboxylic acids is 1. The highest BCUT2D eigenvalue weighted by Gasteiger charge is 2.45. The highest BCUT2D eigenvalue weighted by molar-refractivity contribution is 5.79. The van der Waals surface area contributed by atoms with Crippen molar-refractivity contribution >= 4 is 17.9 Å². The number of halogens is 12. The van der Waals surface area contributed by atoms with Crippen LogP contribution in [0.1, 0.15) is 115 Å². The zero-order valence-electron chi connectivity index (χ0n) is 34.6. The molecular formula is C45H44F12N4O4. The molecule has 7 atom stereocenters. The van der Waals surface area contributed by atoms with Crippen molar-refractivity contribution in [2.45, 2.75) is 138 Å². The van der Waals surface area contributed by atoms with E-state index in [9.17, 15) is 62.6 Å². The first-order valence-electron chi connectivity index (χ1n) is 21.1. The lowest BCUT2D eigenvalue weighted by Crippen LogP contribution is -2.47. The fourth-order valence-electron chi connectivity index (χ4n) is 9.41. The number of aldehydes is 1. The molecule has 4 bridgehead atoms. The number of aromatic nitrogens is 2. The van der Waals surface area contributed by atoms with Crippen LogP contribution in [0, 0.1) is 0 Å². The largest absolute Gasteiger partial charge is 0.490 e. The quantitative estimate of drug-likeness (QED) is 0.124. The van der Waals surface area contributed by atoms with Crippen molar-refractivity contribution in [3.63, 3.8) is 0 Å². The molecule has 0 radical (unpaired) electrons. The predicted octanol–water partition coefficient (Wildman–Crippen LogP) is 12.0. The molecule has 4 aromatic rings. The monoisotopic (exact) mass is 932 g/mol. The standard InChI is InChI=1S/C24H26F6N2O2.C21H18F6N2O2/c1-2-3-20(33)19-10-14(23(25,26)27)4-8-21(19)34-18-11-16-6-7-17(12-18)32(16)22-9-5-15(13-31-22)24(28,29)30;22-20(23,24)13-1-5-18(12(7-13)11-30)31-17-8-15-3-4-16(9-17)29(15)19-6-2-14(10-28-19)21(25,26)27/h4-5,8-10,13,16-18,20,33H,2-3,6-7,11-12H2,1H3;1-2,5-7,10-11,15-17H,3-4,8-9H2/t16-,17+,18?,20?;15-,16+,17?. The lowest BCUT2D eigenvalue weighted by molar-refractivity contribution is -0.138. The second kappa shape index (κ2) is 18.5. The fourth-order valence-corrected chi connectivity index (χ4v) is 9.41. The molecule has 352 valence electrons. The lowest BCUT2D eigenvalue weighted by Gasteiger charge is -2.40. The Morgan fingerprint density at radius 2 is 0.985 bits per heavy atom. The van der Waals surface area contributed by atoms with Crippen molar-refractivity contribution in [1.29, 1.82) is 0 Å². The van der Waals surface area contributed by atoms with Crippen LogP contribution in [0.5, 0.6) is 11.5 Å². The number of ether oxygens (including phenoxy) is 2. The molecule has 8 nitrogen and oxygen atoms in total. The molecule has 65 heavy (non-hydrogen) atoms. The maximum Gasteiger partial charge on any atom is 0.417 e. The number of aliphatic hydroxyl groups is 1. The van der Waals surface area contributed by atoms with Crippen molar-refractivity contribution in [2.75, 3.05) is 9.80 Å². The Kier molecular flexibility index (Phi) is 13.6. The van der Waals surface area contributed by atoms with Gasteiger partial charge in [-0.05, 0) is 92.8 Å². The van der Waals surface area contributed by atoms with Crippen molar-refractivity contribution in [2.24, 2.45) is 0 Å². The van der Waals surface area contributed by atoms with Gasteiger partial charge in [-0.2, -0.15) is 52.7 Å². The molecule has 4 aliphatic rings. The summed E-state index contributed by atoms with van der Waals surface area (Å²) >= 11 is 0. The summed E-state index contributed by atoms with van der Waals surface area (Å²) in [7, 11) is 0. The average Bonchev–Trinajstić information content (AvgIpc) is 3.67. The summed E-state index contributed by atoms with van der Waals surface area (Å²) in [6.07, 6.45) is -11.4. The van der Waals surface area contributed by atoms with E-state index in [4.69, 9.17) is 9.47 Å². The van der Waals surface area contributed by atoms with E-state index in [1.807, 2.05) is 16.7 Å². The van der Waals surface area contributed by atoms with Gasteiger partial charge in [0.2, 0.25) is 0 Å². The topological polar surface area (TPSA) is 88.0 Å². The highest BCUT2D eigenvalue weighted by Crippen LogP contribution is 2.44. The number of pyridine rings is 2. The summed E-state index contributed by atoms with van der Waals surface area (Å²) in [4.78, 5) is 23.3. The second-order valence-corrected chi connectivity index (χ2v) is 16.7. The van der Waals surface area contributed by atoms with Crippen molar-refractivity contribution in [3.8, 4) is 11.5 Å². The Hall–Kier alpha value is -5.27. The van der Waals surface area contributed by atoms with Gasteiger partial charge < -0.3 is 24.4 Å². The molecule has 2 aromatic heterocycles. The SMILES string of the molecule is CCCC(O)c1cc(C(F)(F)F)ccc1OC1C[C@H]2CC[C@@H](C1)N2c1ccc(C(F)(F)F)cn1.O=Cc1cc(C(F)(F)F)ccc1OC1C[C@H]2CC[C@@H](C1)N2c1ccc(C(F)(F)F)cn1. The van der Waals surface area contributed by atoms with E-state index in [0.29, 0.717) is 56.4 Å². The molecule has 4 aliphatic heterocycles. The molecule has 3 unspecified atom stereocenters. The number of hydrogen-bond donors (Lipinski definition) is 1. The number of hydrogen-bond acceptors (Lipinski definition) is 8. The van der Waals surface area contributed by atoms with Crippen LogP contribution < -0.4 is 19.3 Å². The number of alkyl halides is 12. The Morgan fingerprint density at radius 3 is 1.35 bits per heavy atom. The zero-order chi connectivity index (χ0) is 47.1. The molecule has 6 heterocycles. The van der Waals surface area contributed by atoms with E-state index in [1.165, 1.54) is 18.2 Å². The maximum atomic E-state index is 13.2. The second-order valence-electron chi connectivity index (χ2n) is 16.7. The normalized spacial score (nSPS) is 23.7. The van der Waals surface area contributed by atoms with Gasteiger partial charge >= 0.3 is 24.7 Å². The molecule has 0 spiro atoms. The fraction of sp³-hybridized carbons (Fsp3) is 0.489. The molecule has 0 amide bonds. The van der Waals surface area contributed by atoms with Gasteiger partial charge in [-0.3, -0.25) is 4.79 Å². The molecule has 4 saturated heterocycles. The Labute approximate surface area is 365 Å². The third-order valence-corrected chi connectivity index (χ3v) is 12.4. The van der Waals surface area contributed by atoms with Gasteiger partial charge in [0.25, 0.3) is 0 Å². The first-order valence-corrected chi connectivity index (χ1v) is 21.1. The van der Waals surface area contributed by atoms with Gasteiger partial charge in [-0.25, -0.2) is 9.97 Å². The summed E-state index contributed by atoms with van der Waals surface area (Å²) in [6, 6.07) is 10.7. The first kappa shape index (κ1) is 47.7. The minimum atomic E-state index is -4.56. The van der Waals surface area contributed by atoms with E-state index in [0.717, 1.165) is 80.5 Å². The summed E-state index contributed by atoms with van der Waals surface area (Å²) in [6.45, 7) is 1.83. The molecule has 20 heteroatoms. The van der Waals surface area contributed by atoms with Crippen molar-refractivity contribution in [3.05, 3.63) is 106 Å². The predicted molar refractivity (Wildman–Crippen MR) is 212 cm³/mol. The lowest BCUT2D eigenvalue weighted by atomic mass is 9.98. The summed E-state index contributed by atoms with van der Waals surface area (Å²) in [5.74, 6) is 1.27. The van der Waals surface area contributed by atoms with E-state index < -0.39 is 53.1 Å². The van der Waals surface area contributed by atoms with Gasteiger partial charge in [0.1, 0.15) is 35.3 Å². The van der Waals surface area contributed by atoms with E-state index >= 15 is 0 Å². The number of carbonyl (C=O) groups is 1. The van der Waals surface area contributed by atoms with Crippen molar-refractivity contribution in [1.82, 2.24) is 9.97 Å². The van der Waals surface area contributed by atoms with E-state index in [2.05, 4.69) is 9.97 Å². The zero-order valence-corrected chi connectivity index (χ0v) is 34.6. The van der Waals surface area contributed by atoms with Gasteiger partial charge in [0.05, 0.1) is 33.9 Å². The molecule has 1 N–H and O–H groups in total. The third-order valence-electron chi connectivity index (χ3n) is 12.4. The summed E-state index contributed by atoms with van der Waals surface area (Å²) in [5.41, 5.74) is -3.43. The first-order chi connectivity index (χ1) is 30.5. The van der Waals surface area contributed by atoms with Crippen LogP contribution in [-0.4, -0.2) is 57.7 Å². The van der Waals surface area contributed by atoms with E-state index in [-0.39, 0.29) is 59.0 Å². The van der Waals surface area contributed by atoms with Crippen LogP contribution in [-0.2, 0) is 24.7 Å². The van der Waals surface area contributed by atoms with Crippen LogP contribution in [0.15, 0.2) is 73.1 Å². The van der Waals surface area contributed by atoms with Crippen molar-refractivity contribution < 1.29 is 72.1 Å². The number of benzene rings is 2. The molecule has 8 rings (SSSR count). The molecule has 4 fully saturated rings. The van der Waals surface area contributed by atoms with Gasteiger partial charge in [0.15, 0.2) is 6.29 Å². The molecule has 2 aromatic carbocycles. The molecular weight excluding hydrogens is 888 g/mol. The minimum Gasteiger partial charge on any atom is -0.490 e. The Morgan fingerprint density at radius 1 is 0.600 bits per heavy atom. The smallest absolute Gasteiger partial charge is 0.417 e. The van der Waals surface area contributed by atoms with Gasteiger partial charge in [0, 0.05) is 67.8 Å². The molecule has 0 saturated carbocycles. The van der Waals surface area contributed by atoms with E-state index in [1.54, 1.807) is 0 Å². The average molecular weight is 933 g/mol. The summed E-state index contributed by atoms with van der Waals surface area (Å²) in [5, 5.41) is 10.5. The number of fused-ring (bicyclic) bond motifs is 4.